The van der Waals surface area contributed by atoms with Crippen LogP contribution in [0, 0.1) is 10.1 Å². The number of alkyl halides is 3. The Kier molecular flexibility index (Phi) is 8.28. The zero-order chi connectivity index (χ0) is 23.2. The van der Waals surface area contributed by atoms with Gasteiger partial charge in [0.1, 0.15) is 18.1 Å². The molecule has 166 valence electrons. The van der Waals surface area contributed by atoms with Crippen LogP contribution in [0.2, 0.25) is 5.02 Å². The second kappa shape index (κ2) is 10.5. The van der Waals surface area contributed by atoms with Crippen LogP contribution in [-0.4, -0.2) is 28.4 Å². The predicted octanol–water partition coefficient (Wildman–Crippen LogP) is 5.42. The standard InChI is InChI=1S/C19H15ClF3NO6S/c1-11(25)31-7-6-29-18(26)9-12-8-14(3-4-16(12)24(27)28)30-17-5-2-13(10-15(17)20)19(21,22)23/h2-5,8,10H,6-7,9H2,1H3. The Balaban J connectivity index is 2.17. The summed E-state index contributed by atoms with van der Waals surface area (Å²) in [5.41, 5.74) is -1.34. The molecule has 0 N–H and O–H groups in total. The first-order valence-corrected chi connectivity index (χ1v) is 9.94. The van der Waals surface area contributed by atoms with Crippen LogP contribution >= 0.6 is 23.4 Å². The Labute approximate surface area is 183 Å². The van der Waals surface area contributed by atoms with Gasteiger partial charge in [-0.05, 0) is 30.3 Å². The van der Waals surface area contributed by atoms with Gasteiger partial charge in [0, 0.05) is 24.3 Å². The summed E-state index contributed by atoms with van der Waals surface area (Å²) in [6.45, 7) is 1.32. The molecule has 2 aromatic carbocycles. The van der Waals surface area contributed by atoms with Crippen LogP contribution in [0.1, 0.15) is 18.1 Å². The topological polar surface area (TPSA) is 95.7 Å². The lowest BCUT2D eigenvalue weighted by Crippen LogP contribution is -2.12. The average Bonchev–Trinajstić information content (AvgIpc) is 2.66. The van der Waals surface area contributed by atoms with E-state index in [9.17, 15) is 32.9 Å². The summed E-state index contributed by atoms with van der Waals surface area (Å²) in [6, 6.07) is 6.03. The predicted molar refractivity (Wildman–Crippen MR) is 107 cm³/mol. The summed E-state index contributed by atoms with van der Waals surface area (Å²) >= 11 is 6.82. The minimum absolute atomic E-state index is 0.0187. The van der Waals surface area contributed by atoms with Crippen molar-refractivity contribution >= 4 is 40.1 Å². The largest absolute Gasteiger partial charge is 0.465 e. The maximum atomic E-state index is 12.7. The number of nitro groups is 1. The van der Waals surface area contributed by atoms with Gasteiger partial charge in [-0.25, -0.2) is 0 Å². The van der Waals surface area contributed by atoms with Gasteiger partial charge in [-0.15, -0.1) is 0 Å². The number of nitrogens with zero attached hydrogens (tertiary/aromatic N) is 1. The molecule has 0 aromatic heterocycles. The van der Waals surface area contributed by atoms with Gasteiger partial charge in [0.05, 0.1) is 21.9 Å². The number of halogens is 4. The Morgan fingerprint density at radius 1 is 1.19 bits per heavy atom. The highest BCUT2D eigenvalue weighted by molar-refractivity contribution is 8.13. The molecule has 0 bridgehead atoms. The summed E-state index contributed by atoms with van der Waals surface area (Å²) in [5.74, 6) is -0.573. The quantitative estimate of drug-likeness (QED) is 0.216. The second-order valence-electron chi connectivity index (χ2n) is 6.03. The molecule has 2 rings (SSSR count). The maximum Gasteiger partial charge on any atom is 0.416 e. The molecule has 0 aliphatic rings. The summed E-state index contributed by atoms with van der Waals surface area (Å²) in [5, 5.41) is 10.8. The zero-order valence-corrected chi connectivity index (χ0v) is 17.5. The molecular weight excluding hydrogens is 463 g/mol. The van der Waals surface area contributed by atoms with Gasteiger partial charge < -0.3 is 9.47 Å². The molecule has 0 saturated carbocycles. The van der Waals surface area contributed by atoms with E-state index in [0.29, 0.717) is 6.07 Å². The number of carbonyl (C=O) groups is 2. The molecule has 0 aliphatic carbocycles. The van der Waals surface area contributed by atoms with Crippen LogP contribution < -0.4 is 4.74 Å². The van der Waals surface area contributed by atoms with Crippen LogP contribution in [0.5, 0.6) is 11.5 Å². The highest BCUT2D eigenvalue weighted by Crippen LogP contribution is 2.37. The molecule has 7 nitrogen and oxygen atoms in total. The number of ether oxygens (including phenoxy) is 2. The van der Waals surface area contributed by atoms with E-state index >= 15 is 0 Å². The highest BCUT2D eigenvalue weighted by Gasteiger charge is 2.31. The third kappa shape index (κ3) is 7.44. The van der Waals surface area contributed by atoms with Crippen LogP contribution in [0.15, 0.2) is 36.4 Å². The Morgan fingerprint density at radius 2 is 1.90 bits per heavy atom. The molecule has 0 fully saturated rings. The Bertz CT molecular complexity index is 999. The van der Waals surface area contributed by atoms with Gasteiger partial charge in [-0.2, -0.15) is 13.2 Å². The molecule has 0 radical (unpaired) electrons. The van der Waals surface area contributed by atoms with Gasteiger partial charge in [0.25, 0.3) is 5.69 Å². The molecule has 0 unspecified atom stereocenters. The molecule has 31 heavy (non-hydrogen) atoms. The number of benzene rings is 2. The fraction of sp³-hybridized carbons (Fsp3) is 0.263. The first-order valence-electron chi connectivity index (χ1n) is 8.58. The van der Waals surface area contributed by atoms with E-state index in [2.05, 4.69) is 0 Å². The maximum absolute atomic E-state index is 12.7. The van der Waals surface area contributed by atoms with Gasteiger partial charge in [-0.3, -0.25) is 19.7 Å². The van der Waals surface area contributed by atoms with Crippen molar-refractivity contribution in [2.24, 2.45) is 0 Å². The van der Waals surface area contributed by atoms with Crippen molar-refractivity contribution in [2.45, 2.75) is 19.5 Å². The molecule has 2 aromatic rings. The first kappa shape index (κ1) is 24.5. The number of hydrogen-bond donors (Lipinski definition) is 0. The zero-order valence-electron chi connectivity index (χ0n) is 15.9. The smallest absolute Gasteiger partial charge is 0.416 e. The van der Waals surface area contributed by atoms with Crippen molar-refractivity contribution < 1.29 is 37.2 Å². The molecule has 0 spiro atoms. The van der Waals surface area contributed by atoms with E-state index in [0.717, 1.165) is 30.0 Å². The van der Waals surface area contributed by atoms with Crippen molar-refractivity contribution in [2.75, 3.05) is 12.4 Å². The van der Waals surface area contributed by atoms with Crippen molar-refractivity contribution in [1.82, 2.24) is 0 Å². The van der Waals surface area contributed by atoms with Crippen LogP contribution in [-0.2, 0) is 26.9 Å². The van der Waals surface area contributed by atoms with Crippen LogP contribution in [0.3, 0.4) is 0 Å². The SMILES string of the molecule is CC(=O)SCCOC(=O)Cc1cc(Oc2ccc(C(F)(F)F)cc2Cl)ccc1[N+](=O)[O-]. The fourth-order valence-corrected chi connectivity index (χ4v) is 3.05. The molecule has 12 heteroatoms. The number of hydrogen-bond acceptors (Lipinski definition) is 7. The third-order valence-corrected chi connectivity index (χ3v) is 4.79. The molecule has 0 atom stereocenters. The fourth-order valence-electron chi connectivity index (χ4n) is 2.38. The van der Waals surface area contributed by atoms with Crippen molar-refractivity contribution in [3.05, 3.63) is 62.7 Å². The van der Waals surface area contributed by atoms with E-state index in [-0.39, 0.29) is 45.2 Å². The van der Waals surface area contributed by atoms with Gasteiger partial charge in [0.15, 0.2) is 5.12 Å². The summed E-state index contributed by atoms with van der Waals surface area (Å²) in [4.78, 5) is 33.4. The van der Waals surface area contributed by atoms with E-state index in [1.165, 1.54) is 19.1 Å². The van der Waals surface area contributed by atoms with Crippen LogP contribution in [0.25, 0.3) is 0 Å². The second-order valence-corrected chi connectivity index (χ2v) is 7.71. The van der Waals surface area contributed by atoms with Gasteiger partial charge in [-0.1, -0.05) is 23.4 Å². The van der Waals surface area contributed by atoms with E-state index in [1.807, 2.05) is 0 Å². The molecule has 0 aliphatic heterocycles. The number of carbonyl (C=O) groups excluding carboxylic acids is 2. The van der Waals surface area contributed by atoms with E-state index < -0.39 is 29.1 Å². The lowest BCUT2D eigenvalue weighted by Gasteiger charge is -2.12. The van der Waals surface area contributed by atoms with Gasteiger partial charge >= 0.3 is 12.1 Å². The van der Waals surface area contributed by atoms with Crippen molar-refractivity contribution in [3.63, 3.8) is 0 Å². The Hall–Kier alpha value is -2.79. The minimum atomic E-state index is -4.58. The first-order chi connectivity index (χ1) is 14.5. The highest BCUT2D eigenvalue weighted by atomic mass is 35.5. The van der Waals surface area contributed by atoms with Crippen molar-refractivity contribution in [3.8, 4) is 11.5 Å². The van der Waals surface area contributed by atoms with E-state index in [4.69, 9.17) is 21.1 Å². The average molecular weight is 478 g/mol. The summed E-state index contributed by atoms with van der Waals surface area (Å²) < 4.78 is 48.6. The Morgan fingerprint density at radius 3 is 2.48 bits per heavy atom. The van der Waals surface area contributed by atoms with Crippen LogP contribution in [0.4, 0.5) is 18.9 Å². The lowest BCUT2D eigenvalue weighted by molar-refractivity contribution is -0.385. The van der Waals surface area contributed by atoms with E-state index in [1.54, 1.807) is 0 Å². The normalized spacial score (nSPS) is 11.1. The molecule has 0 heterocycles. The molecule has 0 amide bonds. The summed E-state index contributed by atoms with van der Waals surface area (Å²) in [7, 11) is 0. The van der Waals surface area contributed by atoms with Crippen molar-refractivity contribution in [1.29, 1.82) is 0 Å². The number of thioether (sulfide) groups is 1. The molecular formula is C19H15ClF3NO6S. The monoisotopic (exact) mass is 477 g/mol. The third-order valence-electron chi connectivity index (χ3n) is 3.72. The number of esters is 1. The number of nitro benzene ring substituents is 1. The lowest BCUT2D eigenvalue weighted by atomic mass is 10.1. The minimum Gasteiger partial charge on any atom is -0.465 e. The van der Waals surface area contributed by atoms with Gasteiger partial charge in [0.2, 0.25) is 0 Å². The molecule has 0 saturated heterocycles. The summed E-state index contributed by atoms with van der Waals surface area (Å²) in [6.07, 6.45) is -5.02. The number of rotatable bonds is 8.